The summed E-state index contributed by atoms with van der Waals surface area (Å²) < 4.78 is 43.5. The fraction of sp³-hybridized carbons (Fsp3) is 1.00. The van der Waals surface area contributed by atoms with Crippen LogP contribution in [0.3, 0.4) is 0 Å². The number of sulfone groups is 1. The van der Waals surface area contributed by atoms with Crippen LogP contribution in [0.25, 0.3) is 0 Å². The van der Waals surface area contributed by atoms with Gasteiger partial charge in [-0.2, -0.15) is 0 Å². The molecule has 0 bridgehead atoms. The Bertz CT molecular complexity index is 372. The highest BCUT2D eigenvalue weighted by Gasteiger charge is 2.43. The Hall–Kier alpha value is 0.670. The second-order valence-electron chi connectivity index (χ2n) is 2.61. The van der Waals surface area contributed by atoms with Gasteiger partial charge in [0.15, 0.2) is 9.84 Å². The van der Waals surface area contributed by atoms with Crippen molar-refractivity contribution in [2.45, 2.75) is 10.1 Å². The largest absolute Gasteiger partial charge is 0.237 e. The molecule has 1 aliphatic rings. The van der Waals surface area contributed by atoms with Gasteiger partial charge in [-0.15, -0.1) is 0 Å². The fourth-order valence-electron chi connectivity index (χ4n) is 1.03. The molecule has 12 heavy (non-hydrogen) atoms. The van der Waals surface area contributed by atoms with Crippen molar-refractivity contribution in [2.75, 3.05) is 11.5 Å². The first-order valence-corrected chi connectivity index (χ1v) is 8.11. The standard InChI is InChI=1S/C4H6BrClO4S2/c5-3-1-11(7,8)2-4(3)12(6,9)10/h3-4H,1-2H2/t3-,4-/m0/s1. The molecule has 1 fully saturated rings. The molecule has 72 valence electrons. The zero-order valence-electron chi connectivity index (χ0n) is 5.77. The number of hydrogen-bond donors (Lipinski definition) is 0. The molecule has 0 unspecified atom stereocenters. The maximum atomic E-state index is 10.9. The molecular formula is C4H6BrClO4S2. The Balaban J connectivity index is 3.01. The number of halogens is 2. The average Bonchev–Trinajstić information content (AvgIpc) is 2.03. The Morgan fingerprint density at radius 1 is 1.33 bits per heavy atom. The average molecular weight is 298 g/mol. The first kappa shape index (κ1) is 10.7. The highest BCUT2D eigenvalue weighted by atomic mass is 79.9. The van der Waals surface area contributed by atoms with Gasteiger partial charge in [0.25, 0.3) is 0 Å². The quantitative estimate of drug-likeness (QED) is 0.509. The number of rotatable bonds is 1. The molecule has 0 aromatic rings. The number of alkyl halides is 1. The highest BCUT2D eigenvalue weighted by molar-refractivity contribution is 9.09. The van der Waals surface area contributed by atoms with E-state index in [4.69, 9.17) is 10.7 Å². The molecule has 0 aromatic carbocycles. The summed E-state index contributed by atoms with van der Waals surface area (Å²) >= 11 is 2.97. The SMILES string of the molecule is O=S1(=O)C[C@H](Br)[C@@H](S(=O)(=O)Cl)C1. The van der Waals surface area contributed by atoms with Gasteiger partial charge in [0, 0.05) is 15.5 Å². The molecule has 4 nitrogen and oxygen atoms in total. The second-order valence-corrected chi connectivity index (χ2v) is 8.78. The minimum Gasteiger partial charge on any atom is -0.229 e. The zero-order valence-corrected chi connectivity index (χ0v) is 9.75. The molecule has 2 atom stereocenters. The van der Waals surface area contributed by atoms with Crippen molar-refractivity contribution in [2.24, 2.45) is 0 Å². The van der Waals surface area contributed by atoms with E-state index in [1.165, 1.54) is 0 Å². The summed E-state index contributed by atoms with van der Waals surface area (Å²) in [6.07, 6.45) is 0. The molecular weight excluding hydrogens is 292 g/mol. The lowest BCUT2D eigenvalue weighted by Gasteiger charge is -2.05. The van der Waals surface area contributed by atoms with Crippen LogP contribution in [-0.4, -0.2) is 38.4 Å². The molecule has 1 aliphatic heterocycles. The van der Waals surface area contributed by atoms with E-state index in [9.17, 15) is 16.8 Å². The van der Waals surface area contributed by atoms with E-state index >= 15 is 0 Å². The predicted octanol–water partition coefficient (Wildman–Crippen LogP) is 0.116. The summed E-state index contributed by atoms with van der Waals surface area (Å²) in [5.74, 6) is -0.543. The molecule has 1 saturated heterocycles. The van der Waals surface area contributed by atoms with E-state index in [0.717, 1.165) is 0 Å². The van der Waals surface area contributed by atoms with Crippen LogP contribution in [0.2, 0.25) is 0 Å². The Kier molecular flexibility index (Phi) is 2.79. The van der Waals surface area contributed by atoms with Gasteiger partial charge < -0.3 is 0 Å². The molecule has 0 N–H and O–H groups in total. The monoisotopic (exact) mass is 296 g/mol. The van der Waals surface area contributed by atoms with Gasteiger partial charge >= 0.3 is 0 Å². The Morgan fingerprint density at radius 3 is 2.00 bits per heavy atom. The van der Waals surface area contributed by atoms with Gasteiger partial charge in [0.05, 0.1) is 11.5 Å². The van der Waals surface area contributed by atoms with Crippen molar-refractivity contribution in [3.63, 3.8) is 0 Å². The van der Waals surface area contributed by atoms with E-state index in [0.29, 0.717) is 0 Å². The van der Waals surface area contributed by atoms with Gasteiger partial charge in [0.1, 0.15) is 5.25 Å². The third-order valence-corrected chi connectivity index (χ3v) is 7.19. The highest BCUT2D eigenvalue weighted by Crippen LogP contribution is 2.27. The van der Waals surface area contributed by atoms with Crippen LogP contribution in [-0.2, 0) is 18.9 Å². The topological polar surface area (TPSA) is 68.3 Å². The van der Waals surface area contributed by atoms with E-state index in [1.54, 1.807) is 0 Å². The molecule has 0 aliphatic carbocycles. The normalized spacial score (nSPS) is 35.2. The molecule has 0 aromatic heterocycles. The van der Waals surface area contributed by atoms with Crippen LogP contribution >= 0.6 is 26.6 Å². The third-order valence-electron chi connectivity index (χ3n) is 1.60. The van der Waals surface area contributed by atoms with Gasteiger partial charge in [-0.1, -0.05) is 15.9 Å². The van der Waals surface area contributed by atoms with Crippen molar-refractivity contribution in [3.8, 4) is 0 Å². The molecule has 8 heteroatoms. The first-order valence-electron chi connectivity index (χ1n) is 3.00. The van der Waals surface area contributed by atoms with E-state index < -0.39 is 29.0 Å². The van der Waals surface area contributed by atoms with Crippen molar-refractivity contribution < 1.29 is 16.8 Å². The molecule has 0 spiro atoms. The maximum Gasteiger partial charge on any atom is 0.237 e. The van der Waals surface area contributed by atoms with E-state index in [2.05, 4.69) is 15.9 Å². The summed E-state index contributed by atoms with van der Waals surface area (Å²) in [6, 6.07) is 0. The van der Waals surface area contributed by atoms with Crippen LogP contribution in [0, 0.1) is 0 Å². The summed E-state index contributed by atoms with van der Waals surface area (Å²) in [5.41, 5.74) is 0. The maximum absolute atomic E-state index is 10.9. The smallest absolute Gasteiger partial charge is 0.229 e. The lowest BCUT2D eigenvalue weighted by Crippen LogP contribution is -2.25. The first-order chi connectivity index (χ1) is 5.22. The summed E-state index contributed by atoms with van der Waals surface area (Å²) in [6.45, 7) is 0. The van der Waals surface area contributed by atoms with Gasteiger partial charge in [-0.05, 0) is 0 Å². The minimum absolute atomic E-state index is 0.163. The number of hydrogen-bond acceptors (Lipinski definition) is 4. The minimum atomic E-state index is -3.78. The Morgan fingerprint density at radius 2 is 1.83 bits per heavy atom. The zero-order chi connectivity index (χ0) is 9.57. The van der Waals surface area contributed by atoms with Gasteiger partial charge in [0.2, 0.25) is 9.05 Å². The molecule has 1 heterocycles. The van der Waals surface area contributed by atoms with Crippen LogP contribution in [0.1, 0.15) is 0 Å². The van der Waals surface area contributed by atoms with Gasteiger partial charge in [-0.3, -0.25) is 0 Å². The van der Waals surface area contributed by atoms with Crippen molar-refractivity contribution in [3.05, 3.63) is 0 Å². The van der Waals surface area contributed by atoms with E-state index in [1.807, 2.05) is 0 Å². The van der Waals surface area contributed by atoms with Crippen molar-refractivity contribution >= 4 is 45.5 Å². The molecule has 0 amide bonds. The van der Waals surface area contributed by atoms with Crippen LogP contribution in [0.5, 0.6) is 0 Å². The van der Waals surface area contributed by atoms with Crippen LogP contribution in [0.4, 0.5) is 0 Å². The lowest BCUT2D eigenvalue weighted by atomic mass is 10.4. The molecule has 1 rings (SSSR count). The molecule has 0 saturated carbocycles. The summed E-state index contributed by atoms with van der Waals surface area (Å²) in [7, 11) is -1.98. The fourth-order valence-corrected chi connectivity index (χ4v) is 8.16. The summed E-state index contributed by atoms with van der Waals surface area (Å²) in [5, 5.41) is -1.01. The summed E-state index contributed by atoms with van der Waals surface area (Å²) in [4.78, 5) is -0.579. The van der Waals surface area contributed by atoms with Crippen molar-refractivity contribution in [1.29, 1.82) is 0 Å². The van der Waals surface area contributed by atoms with E-state index in [-0.39, 0.29) is 11.5 Å². The van der Waals surface area contributed by atoms with Gasteiger partial charge in [-0.25, -0.2) is 16.8 Å². The third kappa shape index (κ3) is 2.34. The van der Waals surface area contributed by atoms with Crippen LogP contribution < -0.4 is 0 Å². The predicted molar refractivity (Wildman–Crippen MR) is 49.9 cm³/mol. The Labute approximate surface area is 83.8 Å². The molecule has 0 radical (unpaired) electrons. The van der Waals surface area contributed by atoms with Crippen molar-refractivity contribution in [1.82, 2.24) is 0 Å². The lowest BCUT2D eigenvalue weighted by molar-refractivity contribution is 0.595. The van der Waals surface area contributed by atoms with Crippen LogP contribution in [0.15, 0.2) is 0 Å². The second kappa shape index (κ2) is 3.11.